The van der Waals surface area contributed by atoms with Gasteiger partial charge in [-0.3, -0.25) is 4.79 Å². The van der Waals surface area contributed by atoms with Gasteiger partial charge in [0.1, 0.15) is 18.2 Å². The molecule has 4 nitrogen and oxygen atoms in total. The first-order valence-electron chi connectivity index (χ1n) is 16.1. The number of aryl methyl sites for hydroxylation is 1. The average Bonchev–Trinajstić information content (AvgIpc) is 2.92. The maximum Gasteiger partial charge on any atom is 0.317 e. The van der Waals surface area contributed by atoms with Gasteiger partial charge in [0.25, 0.3) is 0 Å². The zero-order chi connectivity index (χ0) is 29.1. The molecule has 0 aliphatic carbocycles. The third kappa shape index (κ3) is 14.9. The highest BCUT2D eigenvalue weighted by molar-refractivity contribution is 5.72. The lowest BCUT2D eigenvalue weighted by Gasteiger charge is -2.32. The summed E-state index contributed by atoms with van der Waals surface area (Å²) in [5.74, 6) is 0.363. The van der Waals surface area contributed by atoms with E-state index in [1.807, 2.05) is 25.1 Å². The Kier molecular flexibility index (Phi) is 16.7. The zero-order valence-corrected chi connectivity index (χ0v) is 26.3. The summed E-state index contributed by atoms with van der Waals surface area (Å²) in [6.45, 7) is 7.91. The summed E-state index contributed by atoms with van der Waals surface area (Å²) in [6, 6.07) is 18.8. The van der Waals surface area contributed by atoms with E-state index < -0.39 is 6.29 Å². The number of ether oxygens (including phenoxy) is 2. The fraction of sp³-hybridized carbons (Fsp3) is 0.639. The summed E-state index contributed by atoms with van der Waals surface area (Å²) in [5, 5.41) is 0. The molecule has 0 aliphatic heterocycles. The fourth-order valence-electron chi connectivity index (χ4n) is 5.46. The summed E-state index contributed by atoms with van der Waals surface area (Å²) in [4.78, 5) is 13.0. The van der Waals surface area contributed by atoms with Gasteiger partial charge in [0.05, 0.1) is 20.6 Å². The predicted molar refractivity (Wildman–Crippen MR) is 168 cm³/mol. The van der Waals surface area contributed by atoms with E-state index in [0.717, 1.165) is 29.6 Å². The number of esters is 1. The van der Waals surface area contributed by atoms with Gasteiger partial charge in [-0.2, -0.15) is 0 Å². The molecule has 2 rings (SSSR count). The van der Waals surface area contributed by atoms with Crippen molar-refractivity contribution in [2.24, 2.45) is 5.92 Å². The van der Waals surface area contributed by atoms with Gasteiger partial charge in [-0.15, -0.1) is 0 Å². The van der Waals surface area contributed by atoms with Crippen LogP contribution in [0.5, 0.6) is 5.75 Å². The Labute approximate surface area is 246 Å². The molecule has 0 aliphatic rings. The highest BCUT2D eigenvalue weighted by Crippen LogP contribution is 2.20. The van der Waals surface area contributed by atoms with Crippen LogP contribution in [0.4, 0.5) is 0 Å². The number of hydrogen-bond donors (Lipinski definition) is 0. The molecule has 0 fully saturated rings. The number of nitrogens with zero attached hydrogens (tertiary/aromatic N) is 1. The molecule has 0 bridgehead atoms. The molecule has 40 heavy (non-hydrogen) atoms. The SMILES string of the molecule is CCCCCCCCCCCCCc1ccc(OC(CCC)OC(=O)C(C)C[N+](C)(C)Cc2ccccc2)cc1. The van der Waals surface area contributed by atoms with Crippen LogP contribution in [-0.2, 0) is 22.5 Å². The lowest BCUT2D eigenvalue weighted by Crippen LogP contribution is -2.44. The second-order valence-corrected chi connectivity index (χ2v) is 12.4. The maximum absolute atomic E-state index is 13.0. The van der Waals surface area contributed by atoms with Crippen molar-refractivity contribution in [1.82, 2.24) is 0 Å². The topological polar surface area (TPSA) is 35.5 Å². The van der Waals surface area contributed by atoms with E-state index in [0.29, 0.717) is 13.0 Å². The molecule has 2 aromatic rings. The van der Waals surface area contributed by atoms with Gasteiger partial charge in [0.15, 0.2) is 0 Å². The van der Waals surface area contributed by atoms with Crippen LogP contribution in [0.15, 0.2) is 54.6 Å². The van der Waals surface area contributed by atoms with Crippen molar-refractivity contribution >= 4 is 5.97 Å². The Hall–Kier alpha value is -2.33. The van der Waals surface area contributed by atoms with Crippen molar-refractivity contribution in [1.29, 1.82) is 0 Å². The molecule has 0 spiro atoms. The molecule has 2 aromatic carbocycles. The minimum Gasteiger partial charge on any atom is -0.455 e. The van der Waals surface area contributed by atoms with Crippen molar-refractivity contribution in [2.45, 2.75) is 123 Å². The van der Waals surface area contributed by atoms with E-state index in [1.54, 1.807) is 0 Å². The standard InChI is InChI=1S/C36H58NO3/c1-6-8-9-10-11-12-13-14-15-16-18-22-32-25-27-34(28-26-32)39-35(21-7-2)40-36(38)31(3)29-37(4,5)30-33-23-19-17-20-24-33/h17,19-20,23-28,31,35H,6-16,18,21-22,29-30H2,1-5H3/q+1. The summed E-state index contributed by atoms with van der Waals surface area (Å²) >= 11 is 0. The van der Waals surface area contributed by atoms with E-state index >= 15 is 0 Å². The smallest absolute Gasteiger partial charge is 0.317 e. The maximum atomic E-state index is 13.0. The molecular weight excluding hydrogens is 494 g/mol. The number of rotatable bonds is 22. The molecule has 2 unspecified atom stereocenters. The monoisotopic (exact) mass is 552 g/mol. The zero-order valence-electron chi connectivity index (χ0n) is 26.3. The van der Waals surface area contributed by atoms with Crippen LogP contribution in [-0.4, -0.2) is 37.4 Å². The molecule has 4 heteroatoms. The van der Waals surface area contributed by atoms with E-state index in [2.05, 4.69) is 64.3 Å². The van der Waals surface area contributed by atoms with Crippen LogP contribution in [0.25, 0.3) is 0 Å². The molecule has 2 atom stereocenters. The van der Waals surface area contributed by atoms with Crippen molar-refractivity contribution < 1.29 is 18.8 Å². The Morgan fingerprint density at radius 1 is 0.725 bits per heavy atom. The first-order chi connectivity index (χ1) is 19.3. The van der Waals surface area contributed by atoms with Crippen LogP contribution >= 0.6 is 0 Å². The van der Waals surface area contributed by atoms with E-state index in [-0.39, 0.29) is 11.9 Å². The minimum atomic E-state index is -0.554. The third-order valence-corrected chi connectivity index (χ3v) is 7.66. The first-order valence-corrected chi connectivity index (χ1v) is 16.1. The van der Waals surface area contributed by atoms with Gasteiger partial charge in [-0.05, 0) is 43.9 Å². The summed E-state index contributed by atoms with van der Waals surface area (Å²) < 4.78 is 12.7. The fourth-order valence-corrected chi connectivity index (χ4v) is 5.46. The number of quaternary nitrogens is 1. The Balaban J connectivity index is 1.69. The first kappa shape index (κ1) is 33.9. The Morgan fingerprint density at radius 2 is 1.30 bits per heavy atom. The largest absolute Gasteiger partial charge is 0.455 e. The minimum absolute atomic E-state index is 0.189. The quantitative estimate of drug-likeness (QED) is 0.0631. The molecule has 0 heterocycles. The second-order valence-electron chi connectivity index (χ2n) is 12.4. The van der Waals surface area contributed by atoms with Gasteiger partial charge in [0, 0.05) is 12.0 Å². The van der Waals surface area contributed by atoms with Crippen LogP contribution in [0.3, 0.4) is 0 Å². The molecule has 0 saturated carbocycles. The number of hydrogen-bond acceptors (Lipinski definition) is 3. The van der Waals surface area contributed by atoms with Crippen molar-refractivity contribution in [3.63, 3.8) is 0 Å². The molecule has 0 radical (unpaired) electrons. The number of carbonyl (C=O) groups is 1. The molecule has 0 saturated heterocycles. The Bertz CT molecular complexity index is 909. The van der Waals surface area contributed by atoms with Gasteiger partial charge in [-0.1, -0.05) is 121 Å². The van der Waals surface area contributed by atoms with Crippen LogP contribution in [0, 0.1) is 5.92 Å². The predicted octanol–water partition coefficient (Wildman–Crippen LogP) is 9.50. The van der Waals surface area contributed by atoms with Crippen molar-refractivity contribution in [2.75, 3.05) is 20.6 Å². The molecule has 0 amide bonds. The second kappa shape index (κ2) is 19.7. The lowest BCUT2D eigenvalue weighted by atomic mass is 10.0. The molecule has 0 aromatic heterocycles. The molecular formula is C36H58NO3+. The van der Waals surface area contributed by atoms with Crippen LogP contribution in [0.2, 0.25) is 0 Å². The lowest BCUT2D eigenvalue weighted by molar-refractivity contribution is -0.905. The van der Waals surface area contributed by atoms with Gasteiger partial charge in [-0.25, -0.2) is 0 Å². The van der Waals surface area contributed by atoms with Gasteiger partial charge in [0.2, 0.25) is 6.29 Å². The van der Waals surface area contributed by atoms with Gasteiger partial charge >= 0.3 is 5.97 Å². The van der Waals surface area contributed by atoms with Crippen molar-refractivity contribution in [3.8, 4) is 5.75 Å². The van der Waals surface area contributed by atoms with E-state index in [9.17, 15) is 4.79 Å². The average molecular weight is 553 g/mol. The highest BCUT2D eigenvalue weighted by Gasteiger charge is 2.28. The van der Waals surface area contributed by atoms with Gasteiger partial charge < -0.3 is 14.0 Å². The third-order valence-electron chi connectivity index (χ3n) is 7.66. The van der Waals surface area contributed by atoms with E-state index in [1.165, 1.54) is 81.8 Å². The highest BCUT2D eigenvalue weighted by atomic mass is 16.7. The molecule has 0 N–H and O–H groups in total. The number of unbranched alkanes of at least 4 members (excludes halogenated alkanes) is 10. The number of benzene rings is 2. The number of carbonyl (C=O) groups excluding carboxylic acids is 1. The van der Waals surface area contributed by atoms with Crippen molar-refractivity contribution in [3.05, 3.63) is 65.7 Å². The molecule has 224 valence electrons. The summed E-state index contributed by atoms with van der Waals surface area (Å²) in [6.07, 6.45) is 17.2. The Morgan fingerprint density at radius 3 is 1.88 bits per heavy atom. The van der Waals surface area contributed by atoms with Crippen LogP contribution < -0.4 is 4.74 Å². The summed E-state index contributed by atoms with van der Waals surface area (Å²) in [7, 11) is 4.32. The van der Waals surface area contributed by atoms with E-state index in [4.69, 9.17) is 9.47 Å². The van der Waals surface area contributed by atoms with Crippen LogP contribution in [0.1, 0.15) is 115 Å². The normalized spacial score (nSPS) is 13.1. The summed E-state index contributed by atoms with van der Waals surface area (Å²) in [5.41, 5.74) is 2.62.